The summed E-state index contributed by atoms with van der Waals surface area (Å²) in [7, 11) is 1.75. The van der Waals surface area contributed by atoms with Crippen molar-refractivity contribution in [2.45, 2.75) is 26.0 Å². The van der Waals surface area contributed by atoms with Gasteiger partial charge in [-0.25, -0.2) is 4.39 Å². The van der Waals surface area contributed by atoms with Gasteiger partial charge in [-0.3, -0.25) is 4.90 Å². The lowest BCUT2D eigenvalue weighted by molar-refractivity contribution is -0.00772. The summed E-state index contributed by atoms with van der Waals surface area (Å²) in [6.45, 7) is 4.76. The number of likely N-dealkylation sites (tertiary alicyclic amines) is 1. The normalized spacial score (nSPS) is 25.3. The minimum Gasteiger partial charge on any atom is -0.380 e. The Kier molecular flexibility index (Phi) is 4.76. The van der Waals surface area contributed by atoms with Crippen molar-refractivity contribution in [2.24, 2.45) is 5.92 Å². The number of nitrogens with zero attached hydrogens (tertiary/aromatic N) is 1. The van der Waals surface area contributed by atoms with Crippen LogP contribution in [0.3, 0.4) is 0 Å². The first-order chi connectivity index (χ1) is 8.60. The highest BCUT2D eigenvalue weighted by atomic mass is 79.9. The lowest BCUT2D eigenvalue weighted by atomic mass is 9.95. The van der Waals surface area contributed by atoms with Crippen LogP contribution in [0.2, 0.25) is 0 Å². The number of methoxy groups -OCH3 is 1. The summed E-state index contributed by atoms with van der Waals surface area (Å²) >= 11 is 3.28. The Morgan fingerprint density at radius 3 is 2.94 bits per heavy atom. The van der Waals surface area contributed by atoms with E-state index in [1.165, 1.54) is 6.07 Å². The van der Waals surface area contributed by atoms with Crippen LogP contribution in [-0.2, 0) is 11.3 Å². The topological polar surface area (TPSA) is 12.5 Å². The molecule has 1 heterocycles. The van der Waals surface area contributed by atoms with Crippen LogP contribution >= 0.6 is 15.9 Å². The van der Waals surface area contributed by atoms with E-state index in [4.69, 9.17) is 4.74 Å². The molecule has 1 aliphatic rings. The van der Waals surface area contributed by atoms with Crippen LogP contribution in [-0.4, -0.2) is 31.2 Å². The SMILES string of the molecule is COC1CN(Cc2ccc(Br)cc2F)CCC1C. The third-order valence-corrected chi connectivity index (χ3v) is 4.18. The average Bonchev–Trinajstić information content (AvgIpc) is 2.35. The fraction of sp³-hybridized carbons (Fsp3) is 0.571. The highest BCUT2D eigenvalue weighted by Gasteiger charge is 2.26. The van der Waals surface area contributed by atoms with E-state index in [9.17, 15) is 4.39 Å². The molecule has 0 saturated carbocycles. The summed E-state index contributed by atoms with van der Waals surface area (Å²) in [5.74, 6) is 0.443. The first kappa shape index (κ1) is 14.0. The van der Waals surface area contributed by atoms with Crippen LogP contribution in [0.25, 0.3) is 0 Å². The van der Waals surface area contributed by atoms with E-state index < -0.39 is 0 Å². The molecular weight excluding hydrogens is 297 g/mol. The van der Waals surface area contributed by atoms with Gasteiger partial charge < -0.3 is 4.74 Å². The molecule has 2 unspecified atom stereocenters. The summed E-state index contributed by atoms with van der Waals surface area (Å²) in [5.41, 5.74) is 0.752. The molecule has 1 aliphatic heterocycles. The Morgan fingerprint density at radius 1 is 1.50 bits per heavy atom. The lowest BCUT2D eigenvalue weighted by Crippen LogP contribution is -2.43. The van der Waals surface area contributed by atoms with E-state index in [1.807, 2.05) is 12.1 Å². The van der Waals surface area contributed by atoms with Crippen molar-refractivity contribution in [3.05, 3.63) is 34.1 Å². The van der Waals surface area contributed by atoms with E-state index in [2.05, 4.69) is 27.8 Å². The molecule has 1 aromatic rings. The van der Waals surface area contributed by atoms with Gasteiger partial charge in [0, 0.05) is 30.2 Å². The molecule has 0 aliphatic carbocycles. The number of ether oxygens (including phenoxy) is 1. The molecule has 0 N–H and O–H groups in total. The minimum atomic E-state index is -0.142. The Hall–Kier alpha value is -0.450. The van der Waals surface area contributed by atoms with Crippen molar-refractivity contribution in [1.82, 2.24) is 4.90 Å². The molecule has 2 atom stereocenters. The fourth-order valence-corrected chi connectivity index (χ4v) is 2.77. The van der Waals surface area contributed by atoms with E-state index in [0.29, 0.717) is 12.5 Å². The zero-order valence-corrected chi connectivity index (χ0v) is 12.4. The maximum Gasteiger partial charge on any atom is 0.128 e. The van der Waals surface area contributed by atoms with Crippen LogP contribution in [0.4, 0.5) is 4.39 Å². The Balaban J connectivity index is 2.01. The molecule has 2 nitrogen and oxygen atoms in total. The molecule has 0 bridgehead atoms. The maximum atomic E-state index is 13.8. The Bertz CT molecular complexity index is 413. The number of hydrogen-bond donors (Lipinski definition) is 0. The first-order valence-corrected chi connectivity index (χ1v) is 7.08. The van der Waals surface area contributed by atoms with E-state index in [0.717, 1.165) is 29.5 Å². The van der Waals surface area contributed by atoms with Gasteiger partial charge in [0.05, 0.1) is 6.10 Å². The molecule has 0 radical (unpaired) electrons. The van der Waals surface area contributed by atoms with Crippen molar-refractivity contribution >= 4 is 15.9 Å². The summed E-state index contributed by atoms with van der Waals surface area (Å²) < 4.78 is 20.0. The standard InChI is InChI=1S/C14H19BrFNO/c1-10-5-6-17(9-14(10)18-2)8-11-3-4-12(15)7-13(11)16/h3-4,7,10,14H,5-6,8-9H2,1-2H3. The first-order valence-electron chi connectivity index (χ1n) is 6.29. The predicted octanol–water partition coefficient (Wildman–Crippen LogP) is 3.45. The molecule has 2 rings (SSSR count). The predicted molar refractivity (Wildman–Crippen MR) is 74.0 cm³/mol. The third kappa shape index (κ3) is 3.31. The van der Waals surface area contributed by atoms with Gasteiger partial charge in [0.15, 0.2) is 0 Å². The van der Waals surface area contributed by atoms with Crippen molar-refractivity contribution in [2.75, 3.05) is 20.2 Å². The number of benzene rings is 1. The molecule has 1 aromatic carbocycles. The molecule has 18 heavy (non-hydrogen) atoms. The quantitative estimate of drug-likeness (QED) is 0.847. The summed E-state index contributed by atoms with van der Waals surface area (Å²) in [5, 5.41) is 0. The molecule has 0 amide bonds. The minimum absolute atomic E-state index is 0.142. The maximum absolute atomic E-state index is 13.8. The molecule has 1 saturated heterocycles. The van der Waals surface area contributed by atoms with E-state index >= 15 is 0 Å². The van der Waals surface area contributed by atoms with Gasteiger partial charge in [-0.2, -0.15) is 0 Å². The number of rotatable bonds is 3. The fourth-order valence-electron chi connectivity index (χ4n) is 2.44. The molecule has 4 heteroatoms. The van der Waals surface area contributed by atoms with Crippen LogP contribution in [0.15, 0.2) is 22.7 Å². The second-order valence-electron chi connectivity index (χ2n) is 5.01. The average molecular weight is 316 g/mol. The summed E-state index contributed by atoms with van der Waals surface area (Å²) in [6, 6.07) is 5.26. The number of hydrogen-bond acceptors (Lipinski definition) is 2. The number of halogens is 2. The van der Waals surface area contributed by atoms with Gasteiger partial charge in [0.25, 0.3) is 0 Å². The van der Waals surface area contributed by atoms with Gasteiger partial charge in [0.1, 0.15) is 5.82 Å². The van der Waals surface area contributed by atoms with Crippen molar-refractivity contribution in [1.29, 1.82) is 0 Å². The van der Waals surface area contributed by atoms with Crippen molar-refractivity contribution < 1.29 is 9.13 Å². The highest BCUT2D eigenvalue weighted by molar-refractivity contribution is 9.10. The van der Waals surface area contributed by atoms with Crippen LogP contribution in [0, 0.1) is 11.7 Å². The zero-order valence-electron chi connectivity index (χ0n) is 10.8. The van der Waals surface area contributed by atoms with Gasteiger partial charge in [-0.05, 0) is 31.0 Å². The zero-order chi connectivity index (χ0) is 13.1. The second kappa shape index (κ2) is 6.13. The molecule has 0 aromatic heterocycles. The molecule has 0 spiro atoms. The van der Waals surface area contributed by atoms with E-state index in [-0.39, 0.29) is 11.9 Å². The van der Waals surface area contributed by atoms with Crippen molar-refractivity contribution in [3.63, 3.8) is 0 Å². The largest absolute Gasteiger partial charge is 0.380 e. The van der Waals surface area contributed by atoms with Gasteiger partial charge in [-0.1, -0.05) is 28.9 Å². The summed E-state index contributed by atoms with van der Waals surface area (Å²) in [4.78, 5) is 2.26. The van der Waals surface area contributed by atoms with Gasteiger partial charge in [0.2, 0.25) is 0 Å². The highest BCUT2D eigenvalue weighted by Crippen LogP contribution is 2.22. The molecule has 100 valence electrons. The van der Waals surface area contributed by atoms with Crippen LogP contribution in [0.5, 0.6) is 0 Å². The number of piperidine rings is 1. The second-order valence-corrected chi connectivity index (χ2v) is 5.93. The third-order valence-electron chi connectivity index (χ3n) is 3.69. The van der Waals surface area contributed by atoms with Crippen LogP contribution in [0.1, 0.15) is 18.9 Å². The van der Waals surface area contributed by atoms with Gasteiger partial charge in [-0.15, -0.1) is 0 Å². The Morgan fingerprint density at radius 2 is 2.28 bits per heavy atom. The lowest BCUT2D eigenvalue weighted by Gasteiger charge is -2.36. The Labute approximate surface area is 116 Å². The smallest absolute Gasteiger partial charge is 0.128 e. The van der Waals surface area contributed by atoms with E-state index in [1.54, 1.807) is 7.11 Å². The van der Waals surface area contributed by atoms with Crippen LogP contribution < -0.4 is 0 Å². The van der Waals surface area contributed by atoms with Gasteiger partial charge >= 0.3 is 0 Å². The molecule has 1 fully saturated rings. The monoisotopic (exact) mass is 315 g/mol. The summed E-state index contributed by atoms with van der Waals surface area (Å²) in [6.07, 6.45) is 1.37. The van der Waals surface area contributed by atoms with Crippen molar-refractivity contribution in [3.8, 4) is 0 Å². The molecular formula is C14H19BrFNO.